The van der Waals surface area contributed by atoms with Crippen molar-refractivity contribution in [3.05, 3.63) is 47.7 Å². The van der Waals surface area contributed by atoms with Gasteiger partial charge in [-0.15, -0.1) is 0 Å². The van der Waals surface area contributed by atoms with E-state index in [4.69, 9.17) is 10.2 Å². The predicted molar refractivity (Wildman–Crippen MR) is 74.7 cm³/mol. The minimum atomic E-state index is 0.604. The van der Waals surface area contributed by atoms with E-state index in [0.717, 1.165) is 17.7 Å². The molecule has 0 radical (unpaired) electrons. The molecular formula is C15H15N3O. The molecule has 2 heterocycles. The van der Waals surface area contributed by atoms with E-state index in [2.05, 4.69) is 22.1 Å². The highest BCUT2D eigenvalue weighted by atomic mass is 16.3. The number of aromatic nitrogens is 2. The number of fused-ring (bicyclic) bond motifs is 1. The Hall–Kier alpha value is -2.20. The molecule has 0 aliphatic heterocycles. The van der Waals surface area contributed by atoms with Gasteiger partial charge in [0, 0.05) is 11.3 Å². The van der Waals surface area contributed by atoms with Gasteiger partial charge in [0.2, 0.25) is 5.89 Å². The lowest BCUT2D eigenvalue weighted by molar-refractivity contribution is 0.619. The van der Waals surface area contributed by atoms with Crippen molar-refractivity contribution in [3.63, 3.8) is 0 Å². The van der Waals surface area contributed by atoms with Crippen LogP contribution in [0.5, 0.6) is 0 Å². The summed E-state index contributed by atoms with van der Waals surface area (Å²) >= 11 is 0. The van der Waals surface area contributed by atoms with Crippen LogP contribution in [0, 0.1) is 6.92 Å². The highest BCUT2D eigenvalue weighted by molar-refractivity contribution is 5.72. The molecule has 19 heavy (non-hydrogen) atoms. The van der Waals surface area contributed by atoms with Gasteiger partial charge in [-0.2, -0.15) is 4.98 Å². The first-order chi connectivity index (χ1) is 9.26. The molecule has 1 aromatic carbocycles. The molecule has 0 aliphatic rings. The lowest BCUT2D eigenvalue weighted by Gasteiger charge is -1.99. The summed E-state index contributed by atoms with van der Waals surface area (Å²) in [5.41, 5.74) is 10.0. The Morgan fingerprint density at radius 2 is 1.84 bits per heavy atom. The molecule has 0 saturated heterocycles. The number of aryl methyl sites for hydroxylation is 1. The zero-order valence-corrected chi connectivity index (χ0v) is 10.8. The zero-order valence-electron chi connectivity index (χ0n) is 10.8. The number of nitrogens with two attached hydrogens (primary N) is 1. The zero-order chi connectivity index (χ0) is 13.2. The van der Waals surface area contributed by atoms with Crippen LogP contribution >= 0.6 is 0 Å². The number of hydrogen-bond donors (Lipinski definition) is 1. The highest BCUT2D eigenvalue weighted by Crippen LogP contribution is 2.23. The molecule has 3 rings (SSSR count). The summed E-state index contributed by atoms with van der Waals surface area (Å²) in [6.07, 6.45) is 0.884. The molecule has 3 aromatic rings. The Bertz CT molecular complexity index is 701. The lowest BCUT2D eigenvalue weighted by atomic mass is 10.1. The van der Waals surface area contributed by atoms with E-state index in [1.54, 1.807) is 0 Å². The fourth-order valence-electron chi connectivity index (χ4n) is 2.02. The van der Waals surface area contributed by atoms with E-state index in [0.29, 0.717) is 23.7 Å². The molecular weight excluding hydrogens is 238 g/mol. The molecule has 2 aromatic heterocycles. The second-order valence-electron chi connectivity index (χ2n) is 4.53. The second kappa shape index (κ2) is 4.82. The van der Waals surface area contributed by atoms with Crippen LogP contribution in [0.3, 0.4) is 0 Å². The summed E-state index contributed by atoms with van der Waals surface area (Å²) in [7, 11) is 0. The Labute approximate surface area is 111 Å². The van der Waals surface area contributed by atoms with Crippen molar-refractivity contribution in [2.75, 3.05) is 6.54 Å². The summed E-state index contributed by atoms with van der Waals surface area (Å²) in [5.74, 6) is 0.604. The van der Waals surface area contributed by atoms with Crippen LogP contribution in [0.4, 0.5) is 0 Å². The van der Waals surface area contributed by atoms with Crippen LogP contribution in [0.15, 0.2) is 40.8 Å². The number of rotatable bonds is 3. The maximum atomic E-state index is 5.71. The van der Waals surface area contributed by atoms with Crippen LogP contribution < -0.4 is 5.73 Å². The van der Waals surface area contributed by atoms with Crippen LogP contribution in [-0.2, 0) is 6.42 Å². The summed E-state index contributed by atoms with van der Waals surface area (Å²) in [6.45, 7) is 2.60. The van der Waals surface area contributed by atoms with Gasteiger partial charge in [0.15, 0.2) is 11.2 Å². The van der Waals surface area contributed by atoms with E-state index in [1.165, 1.54) is 5.56 Å². The Morgan fingerprint density at radius 1 is 1.05 bits per heavy atom. The molecule has 0 unspecified atom stereocenters. The summed E-state index contributed by atoms with van der Waals surface area (Å²) in [6, 6.07) is 11.9. The normalized spacial score (nSPS) is 11.1. The third-order valence-electron chi connectivity index (χ3n) is 3.03. The molecule has 0 fully saturated rings. The van der Waals surface area contributed by atoms with Gasteiger partial charge < -0.3 is 10.2 Å². The molecule has 4 heteroatoms. The van der Waals surface area contributed by atoms with Crippen molar-refractivity contribution >= 4 is 11.2 Å². The van der Waals surface area contributed by atoms with Crippen LogP contribution in [-0.4, -0.2) is 16.5 Å². The fraction of sp³-hybridized carbons (Fsp3) is 0.200. The molecule has 2 N–H and O–H groups in total. The SMILES string of the molecule is Cc1ccc2oc(-c3ccc(CCN)cc3)nc2n1. The van der Waals surface area contributed by atoms with E-state index < -0.39 is 0 Å². The average molecular weight is 253 g/mol. The van der Waals surface area contributed by atoms with Gasteiger partial charge in [0.1, 0.15) is 0 Å². The second-order valence-corrected chi connectivity index (χ2v) is 4.53. The number of hydrogen-bond acceptors (Lipinski definition) is 4. The van der Waals surface area contributed by atoms with Gasteiger partial charge in [-0.25, -0.2) is 4.98 Å². The lowest BCUT2D eigenvalue weighted by Crippen LogP contribution is -2.02. The minimum absolute atomic E-state index is 0.604. The van der Waals surface area contributed by atoms with Gasteiger partial charge in [0.05, 0.1) is 0 Å². The number of pyridine rings is 1. The van der Waals surface area contributed by atoms with Crippen LogP contribution in [0.25, 0.3) is 22.7 Å². The molecule has 0 aliphatic carbocycles. The standard InChI is InChI=1S/C15H15N3O/c1-10-2-7-13-14(17-10)18-15(19-13)12-5-3-11(4-6-12)8-9-16/h2-7H,8-9,16H2,1H3. The third-order valence-corrected chi connectivity index (χ3v) is 3.03. The molecule has 4 nitrogen and oxygen atoms in total. The van der Waals surface area contributed by atoms with Gasteiger partial charge in [-0.1, -0.05) is 12.1 Å². The maximum absolute atomic E-state index is 5.71. The molecule has 0 spiro atoms. The predicted octanol–water partition coefficient (Wildman–Crippen LogP) is 2.70. The molecule has 0 amide bonds. The van der Waals surface area contributed by atoms with Gasteiger partial charge in [0.25, 0.3) is 0 Å². The third kappa shape index (κ3) is 2.35. The highest BCUT2D eigenvalue weighted by Gasteiger charge is 2.09. The first kappa shape index (κ1) is 11.9. The summed E-state index contributed by atoms with van der Waals surface area (Å²) < 4.78 is 5.71. The molecule has 0 saturated carbocycles. The van der Waals surface area contributed by atoms with Crippen molar-refractivity contribution in [2.45, 2.75) is 13.3 Å². The van der Waals surface area contributed by atoms with Crippen molar-refractivity contribution in [1.29, 1.82) is 0 Å². The number of oxazole rings is 1. The smallest absolute Gasteiger partial charge is 0.228 e. The first-order valence-corrected chi connectivity index (χ1v) is 6.30. The fourth-order valence-corrected chi connectivity index (χ4v) is 2.02. The van der Waals surface area contributed by atoms with Gasteiger partial charge >= 0.3 is 0 Å². The molecule has 0 atom stereocenters. The van der Waals surface area contributed by atoms with Crippen molar-refractivity contribution < 1.29 is 4.42 Å². The monoisotopic (exact) mass is 253 g/mol. The number of benzene rings is 1. The van der Waals surface area contributed by atoms with Crippen molar-refractivity contribution in [3.8, 4) is 11.5 Å². The van der Waals surface area contributed by atoms with Crippen molar-refractivity contribution in [1.82, 2.24) is 9.97 Å². The van der Waals surface area contributed by atoms with E-state index in [-0.39, 0.29) is 0 Å². The van der Waals surface area contributed by atoms with E-state index >= 15 is 0 Å². The molecule has 96 valence electrons. The van der Waals surface area contributed by atoms with Crippen LogP contribution in [0.2, 0.25) is 0 Å². The Morgan fingerprint density at radius 3 is 2.58 bits per heavy atom. The Balaban J connectivity index is 1.99. The van der Waals surface area contributed by atoms with Crippen LogP contribution in [0.1, 0.15) is 11.3 Å². The summed E-state index contributed by atoms with van der Waals surface area (Å²) in [5, 5.41) is 0. The quantitative estimate of drug-likeness (QED) is 0.779. The average Bonchev–Trinajstić information content (AvgIpc) is 2.83. The van der Waals surface area contributed by atoms with Crippen molar-refractivity contribution in [2.24, 2.45) is 5.73 Å². The number of nitrogens with zero attached hydrogens (tertiary/aromatic N) is 2. The maximum Gasteiger partial charge on any atom is 0.228 e. The van der Waals surface area contributed by atoms with Gasteiger partial charge in [-0.05, 0) is 49.7 Å². The molecule has 0 bridgehead atoms. The van der Waals surface area contributed by atoms with Gasteiger partial charge in [-0.3, -0.25) is 0 Å². The first-order valence-electron chi connectivity index (χ1n) is 6.30. The van der Waals surface area contributed by atoms with E-state index in [1.807, 2.05) is 31.2 Å². The Kier molecular flexibility index (Phi) is 3.01. The largest absolute Gasteiger partial charge is 0.434 e. The minimum Gasteiger partial charge on any atom is -0.434 e. The topological polar surface area (TPSA) is 64.9 Å². The van der Waals surface area contributed by atoms with E-state index in [9.17, 15) is 0 Å². The summed E-state index contributed by atoms with van der Waals surface area (Å²) in [4.78, 5) is 8.76.